The molecule has 2 amide bonds. The third-order valence-corrected chi connectivity index (χ3v) is 6.20. The SMILES string of the molecule is CC1(C)CN(C(=O)OCc2ccccc2)CCC1=O.O=C1CCN(C(=O)OCc2ccccc2)CC1. The Morgan fingerprint density at radius 2 is 1.17 bits per heavy atom. The van der Waals surface area contributed by atoms with E-state index in [2.05, 4.69) is 0 Å². The molecule has 0 bridgehead atoms. The van der Waals surface area contributed by atoms with E-state index in [1.807, 2.05) is 74.5 Å². The second kappa shape index (κ2) is 12.9. The van der Waals surface area contributed by atoms with Gasteiger partial charge in [-0.15, -0.1) is 0 Å². The van der Waals surface area contributed by atoms with Crippen molar-refractivity contribution in [1.29, 1.82) is 0 Å². The summed E-state index contributed by atoms with van der Waals surface area (Å²) in [6, 6.07) is 19.1. The molecular weight excluding hydrogens is 460 g/mol. The van der Waals surface area contributed by atoms with Crippen LogP contribution < -0.4 is 0 Å². The topological polar surface area (TPSA) is 93.2 Å². The van der Waals surface area contributed by atoms with Crippen molar-refractivity contribution in [3.8, 4) is 0 Å². The van der Waals surface area contributed by atoms with Crippen molar-refractivity contribution < 1.29 is 28.7 Å². The molecular formula is C28H34N2O6. The van der Waals surface area contributed by atoms with E-state index in [-0.39, 0.29) is 37.0 Å². The van der Waals surface area contributed by atoms with Crippen LogP contribution in [-0.2, 0) is 32.3 Å². The Morgan fingerprint density at radius 3 is 1.64 bits per heavy atom. The van der Waals surface area contributed by atoms with E-state index in [0.29, 0.717) is 45.4 Å². The summed E-state index contributed by atoms with van der Waals surface area (Å²) in [7, 11) is 0. The Hall–Kier alpha value is -3.68. The predicted molar refractivity (Wildman–Crippen MR) is 134 cm³/mol. The van der Waals surface area contributed by atoms with Gasteiger partial charge in [0, 0.05) is 50.9 Å². The second-order valence-corrected chi connectivity index (χ2v) is 9.58. The molecule has 0 N–H and O–H groups in total. The molecule has 0 aromatic heterocycles. The predicted octanol–water partition coefficient (Wildman–Crippen LogP) is 4.61. The third-order valence-electron chi connectivity index (χ3n) is 6.20. The van der Waals surface area contributed by atoms with Crippen molar-refractivity contribution in [2.24, 2.45) is 5.41 Å². The minimum atomic E-state index is -0.468. The third kappa shape index (κ3) is 8.22. The Kier molecular flexibility index (Phi) is 9.61. The molecule has 0 radical (unpaired) electrons. The van der Waals surface area contributed by atoms with E-state index in [0.717, 1.165) is 11.1 Å². The Morgan fingerprint density at radius 1 is 0.722 bits per heavy atom. The van der Waals surface area contributed by atoms with Crippen LogP contribution in [0.1, 0.15) is 44.2 Å². The van der Waals surface area contributed by atoms with Gasteiger partial charge in [0.2, 0.25) is 0 Å². The van der Waals surface area contributed by atoms with Crippen LogP contribution in [0.25, 0.3) is 0 Å². The highest BCUT2D eigenvalue weighted by Crippen LogP contribution is 2.25. The smallest absolute Gasteiger partial charge is 0.410 e. The minimum Gasteiger partial charge on any atom is -0.445 e. The first-order valence-corrected chi connectivity index (χ1v) is 12.2. The fourth-order valence-electron chi connectivity index (χ4n) is 3.93. The van der Waals surface area contributed by atoms with Crippen molar-refractivity contribution >= 4 is 23.8 Å². The van der Waals surface area contributed by atoms with E-state index in [1.165, 1.54) is 0 Å². The van der Waals surface area contributed by atoms with Gasteiger partial charge in [-0.25, -0.2) is 9.59 Å². The molecule has 4 rings (SSSR count). The van der Waals surface area contributed by atoms with Gasteiger partial charge in [0.05, 0.1) is 0 Å². The number of hydrogen-bond donors (Lipinski definition) is 0. The normalized spacial score (nSPS) is 17.1. The quantitative estimate of drug-likeness (QED) is 0.616. The maximum Gasteiger partial charge on any atom is 0.410 e. The minimum absolute atomic E-state index is 0.208. The summed E-state index contributed by atoms with van der Waals surface area (Å²) < 4.78 is 10.5. The summed E-state index contributed by atoms with van der Waals surface area (Å²) in [6.07, 6.45) is 0.625. The van der Waals surface area contributed by atoms with Crippen LogP contribution in [0, 0.1) is 5.41 Å². The van der Waals surface area contributed by atoms with Gasteiger partial charge in [0.15, 0.2) is 0 Å². The number of Topliss-reactive ketones (excluding diaryl/α,β-unsaturated/α-hetero) is 2. The van der Waals surface area contributed by atoms with Crippen LogP contribution in [-0.4, -0.2) is 59.7 Å². The largest absolute Gasteiger partial charge is 0.445 e. The lowest BCUT2D eigenvalue weighted by Gasteiger charge is -2.35. The van der Waals surface area contributed by atoms with Gasteiger partial charge < -0.3 is 19.3 Å². The summed E-state index contributed by atoms with van der Waals surface area (Å²) in [5, 5.41) is 0. The van der Waals surface area contributed by atoms with Crippen LogP contribution >= 0.6 is 0 Å². The lowest BCUT2D eigenvalue weighted by atomic mass is 9.83. The average Bonchev–Trinajstić information content (AvgIpc) is 2.89. The molecule has 2 heterocycles. The Balaban J connectivity index is 0.000000202. The number of ketones is 2. The highest BCUT2D eigenvalue weighted by atomic mass is 16.6. The number of carbonyl (C=O) groups excluding carboxylic acids is 4. The zero-order chi connectivity index (χ0) is 26.0. The summed E-state index contributed by atoms with van der Waals surface area (Å²) >= 11 is 0. The molecule has 0 unspecified atom stereocenters. The summed E-state index contributed by atoms with van der Waals surface area (Å²) in [5.41, 5.74) is 1.46. The van der Waals surface area contributed by atoms with Gasteiger partial charge in [-0.1, -0.05) is 74.5 Å². The van der Waals surface area contributed by atoms with Gasteiger partial charge >= 0.3 is 12.2 Å². The number of amides is 2. The van der Waals surface area contributed by atoms with Gasteiger partial charge in [-0.05, 0) is 11.1 Å². The monoisotopic (exact) mass is 494 g/mol. The van der Waals surface area contributed by atoms with E-state index in [4.69, 9.17) is 9.47 Å². The van der Waals surface area contributed by atoms with Crippen molar-refractivity contribution in [2.45, 2.75) is 46.3 Å². The van der Waals surface area contributed by atoms with E-state index in [1.54, 1.807) is 9.80 Å². The maximum absolute atomic E-state index is 12.0. The number of likely N-dealkylation sites (tertiary alicyclic amines) is 2. The number of hydrogen-bond acceptors (Lipinski definition) is 6. The highest BCUT2D eigenvalue weighted by molar-refractivity contribution is 5.86. The molecule has 0 spiro atoms. The summed E-state index contributed by atoms with van der Waals surface area (Å²) in [4.78, 5) is 49.5. The molecule has 2 saturated heterocycles. The van der Waals surface area contributed by atoms with Gasteiger partial charge in [0.1, 0.15) is 24.8 Å². The van der Waals surface area contributed by atoms with E-state index >= 15 is 0 Å². The molecule has 8 nitrogen and oxygen atoms in total. The molecule has 0 atom stereocenters. The van der Waals surface area contributed by atoms with Crippen LogP contribution in [0.4, 0.5) is 9.59 Å². The molecule has 8 heteroatoms. The van der Waals surface area contributed by atoms with Crippen molar-refractivity contribution in [1.82, 2.24) is 9.80 Å². The first-order valence-electron chi connectivity index (χ1n) is 12.2. The fraction of sp³-hybridized carbons (Fsp3) is 0.429. The van der Waals surface area contributed by atoms with Gasteiger partial charge in [-0.2, -0.15) is 0 Å². The van der Waals surface area contributed by atoms with Crippen LogP contribution in [0.15, 0.2) is 60.7 Å². The van der Waals surface area contributed by atoms with E-state index in [9.17, 15) is 19.2 Å². The standard InChI is InChI=1S/C15H19NO3.C13H15NO3/c1-15(2)11-16(9-8-13(15)17)14(18)19-10-12-6-4-3-5-7-12;15-12-6-8-14(9-7-12)13(16)17-10-11-4-2-1-3-5-11/h3-7H,8-11H2,1-2H3;1-5H,6-10H2. The molecule has 0 aliphatic carbocycles. The van der Waals surface area contributed by atoms with E-state index < -0.39 is 5.41 Å². The highest BCUT2D eigenvalue weighted by Gasteiger charge is 2.36. The van der Waals surface area contributed by atoms with Crippen molar-refractivity contribution in [2.75, 3.05) is 26.2 Å². The summed E-state index contributed by atoms with van der Waals surface area (Å²) in [6.45, 7) is 6.13. The average molecular weight is 495 g/mol. The molecule has 2 aliphatic heterocycles. The number of carbonyl (C=O) groups is 4. The lowest BCUT2D eigenvalue weighted by Crippen LogP contribution is -2.48. The molecule has 2 fully saturated rings. The second-order valence-electron chi connectivity index (χ2n) is 9.58. The number of ether oxygens (including phenoxy) is 2. The lowest BCUT2D eigenvalue weighted by molar-refractivity contribution is -0.131. The van der Waals surface area contributed by atoms with Crippen molar-refractivity contribution in [3.05, 3.63) is 71.8 Å². The molecule has 2 aromatic rings. The van der Waals surface area contributed by atoms with Gasteiger partial charge in [0.25, 0.3) is 0 Å². The van der Waals surface area contributed by atoms with Crippen molar-refractivity contribution in [3.63, 3.8) is 0 Å². The molecule has 36 heavy (non-hydrogen) atoms. The number of rotatable bonds is 4. The van der Waals surface area contributed by atoms with Crippen LogP contribution in [0.2, 0.25) is 0 Å². The molecule has 192 valence electrons. The van der Waals surface area contributed by atoms with Crippen LogP contribution in [0.5, 0.6) is 0 Å². The first-order chi connectivity index (χ1) is 17.2. The Bertz CT molecular complexity index is 1030. The first kappa shape index (κ1) is 26.9. The molecule has 2 aliphatic rings. The number of piperidine rings is 2. The molecule has 2 aromatic carbocycles. The van der Waals surface area contributed by atoms with Crippen LogP contribution in [0.3, 0.4) is 0 Å². The zero-order valence-electron chi connectivity index (χ0n) is 21.0. The van der Waals surface area contributed by atoms with Gasteiger partial charge in [-0.3, -0.25) is 9.59 Å². The number of nitrogens with zero attached hydrogens (tertiary/aromatic N) is 2. The number of benzene rings is 2. The fourth-order valence-corrected chi connectivity index (χ4v) is 3.93. The Labute approximate surface area is 212 Å². The molecule has 0 saturated carbocycles. The summed E-state index contributed by atoms with van der Waals surface area (Å²) in [5.74, 6) is 0.428. The maximum atomic E-state index is 12.0. The zero-order valence-corrected chi connectivity index (χ0v) is 21.0.